The Balaban J connectivity index is 2.19. The summed E-state index contributed by atoms with van der Waals surface area (Å²) in [6.07, 6.45) is 8.29. The van der Waals surface area contributed by atoms with Gasteiger partial charge in [0.25, 0.3) is 0 Å². The molecule has 0 amide bonds. The van der Waals surface area contributed by atoms with Crippen molar-refractivity contribution in [1.82, 2.24) is 0 Å². The molecule has 21 heavy (non-hydrogen) atoms. The molecule has 0 spiro atoms. The van der Waals surface area contributed by atoms with Crippen LogP contribution in [0.2, 0.25) is 5.32 Å². The van der Waals surface area contributed by atoms with Crippen molar-refractivity contribution < 1.29 is 4.79 Å². The molecule has 2 heteroatoms. The average molecular weight is 349 g/mol. The number of carbonyl (C=O) groups excluding carboxylic acids is 1. The van der Waals surface area contributed by atoms with E-state index in [9.17, 15) is 4.79 Å². The molecule has 0 N–H and O–H groups in total. The van der Waals surface area contributed by atoms with E-state index in [1.807, 2.05) is 18.2 Å². The fourth-order valence-electron chi connectivity index (χ4n) is 1.92. The summed E-state index contributed by atoms with van der Waals surface area (Å²) in [6.45, 7) is 6.43. The third-order valence-electron chi connectivity index (χ3n) is 3.15. The Morgan fingerprint density at radius 3 is 2.33 bits per heavy atom. The summed E-state index contributed by atoms with van der Waals surface area (Å²) in [6, 6.07) is 10.3. The van der Waals surface area contributed by atoms with E-state index in [1.165, 1.54) is 15.6 Å². The quantitative estimate of drug-likeness (QED) is 0.475. The number of Topliss-reactive ketones (excluding diaryl/α,β-unsaturated/α-hetero) is 1. The normalized spacial score (nSPS) is 11.3. The molecule has 1 rings (SSSR count). The van der Waals surface area contributed by atoms with E-state index in [0.29, 0.717) is 27.2 Å². The van der Waals surface area contributed by atoms with Crippen LogP contribution < -0.4 is 4.46 Å². The first kappa shape index (κ1) is 17.9. The van der Waals surface area contributed by atoms with Crippen LogP contribution >= 0.6 is 0 Å². The zero-order valence-electron chi connectivity index (χ0n) is 13.4. The number of ketones is 1. The molecule has 0 saturated heterocycles. The van der Waals surface area contributed by atoms with Crippen molar-refractivity contribution in [2.75, 3.05) is 0 Å². The molecule has 0 aromatic heterocycles. The molecule has 0 bridgehead atoms. The Morgan fingerprint density at radius 2 is 1.67 bits per heavy atom. The molecule has 0 aliphatic heterocycles. The Kier molecular flexibility index (Phi) is 9.05. The van der Waals surface area contributed by atoms with E-state index in [1.54, 1.807) is 0 Å². The molecule has 1 aromatic carbocycles. The number of allylic oxidation sites excluding steroid dienone is 4. The van der Waals surface area contributed by atoms with Crippen molar-refractivity contribution in [2.45, 2.75) is 51.8 Å². The van der Waals surface area contributed by atoms with E-state index in [0.717, 1.165) is 24.6 Å². The third kappa shape index (κ3) is 9.44. The van der Waals surface area contributed by atoms with Gasteiger partial charge in [0.15, 0.2) is 0 Å². The number of rotatable bonds is 9. The van der Waals surface area contributed by atoms with Gasteiger partial charge in [-0.2, -0.15) is 0 Å². The van der Waals surface area contributed by atoms with E-state index in [4.69, 9.17) is 0 Å². The van der Waals surface area contributed by atoms with Crippen molar-refractivity contribution in [2.24, 2.45) is 0 Å². The maximum absolute atomic E-state index is 11.9. The van der Waals surface area contributed by atoms with Gasteiger partial charge in [-0.3, -0.25) is 0 Å². The molecular weight excluding hydrogens is 323 g/mol. The molecule has 0 radical (unpaired) electrons. The van der Waals surface area contributed by atoms with Crippen LogP contribution in [0, 0.1) is 0 Å². The third-order valence-corrected chi connectivity index (χ3v) is 5.40. The number of benzene rings is 1. The predicted octanol–water partition coefficient (Wildman–Crippen LogP) is 4.48. The maximum atomic E-state index is 11.9. The monoisotopic (exact) mass is 350 g/mol. The first-order valence-corrected chi connectivity index (χ1v) is 9.63. The minimum absolute atomic E-state index is 0.292. The van der Waals surface area contributed by atoms with Gasteiger partial charge < -0.3 is 0 Å². The second-order valence-corrected chi connectivity index (χ2v) is 7.75. The average Bonchev–Trinajstić information content (AvgIpc) is 2.46. The predicted molar refractivity (Wildman–Crippen MR) is 93.3 cm³/mol. The van der Waals surface area contributed by atoms with E-state index in [2.05, 4.69) is 45.1 Å². The number of carbonyl (C=O) groups is 1. The minimum atomic E-state index is 0.292. The van der Waals surface area contributed by atoms with Crippen molar-refractivity contribution in [3.05, 3.63) is 53.6 Å². The van der Waals surface area contributed by atoms with E-state index < -0.39 is 0 Å². The first-order valence-electron chi connectivity index (χ1n) is 7.56. The van der Waals surface area contributed by atoms with Crippen LogP contribution in [0.4, 0.5) is 0 Å². The second-order valence-electron chi connectivity index (χ2n) is 5.55. The van der Waals surface area contributed by atoms with E-state index in [-0.39, 0.29) is 0 Å². The molecule has 114 valence electrons. The van der Waals surface area contributed by atoms with Crippen LogP contribution in [0.1, 0.15) is 46.5 Å². The molecule has 0 fully saturated rings. The summed E-state index contributed by atoms with van der Waals surface area (Å²) < 4.78 is 1.31. The van der Waals surface area contributed by atoms with Gasteiger partial charge in [-0.25, -0.2) is 0 Å². The van der Waals surface area contributed by atoms with Crippen molar-refractivity contribution in [3.8, 4) is 0 Å². The molecule has 0 saturated carbocycles. The summed E-state index contributed by atoms with van der Waals surface area (Å²) >= 11 is 0.292. The summed E-state index contributed by atoms with van der Waals surface area (Å²) in [5, 5.41) is 0.724. The topological polar surface area (TPSA) is 17.1 Å². The summed E-state index contributed by atoms with van der Waals surface area (Å²) in [5.41, 5.74) is 2.77. The SMILES string of the molecule is CC(C)=CCC/C(C)=C\CCC(=O)C[Se]c1ccccc1. The molecule has 0 aliphatic carbocycles. The Labute approximate surface area is 135 Å². The van der Waals surface area contributed by atoms with Crippen LogP contribution in [0.3, 0.4) is 0 Å². The van der Waals surface area contributed by atoms with Gasteiger partial charge in [0.2, 0.25) is 0 Å². The fraction of sp³-hybridized carbons (Fsp3) is 0.421. The summed E-state index contributed by atoms with van der Waals surface area (Å²) in [4.78, 5) is 11.9. The van der Waals surface area contributed by atoms with Crippen molar-refractivity contribution >= 4 is 25.2 Å². The van der Waals surface area contributed by atoms with Gasteiger partial charge in [-0.05, 0) is 0 Å². The van der Waals surface area contributed by atoms with Crippen molar-refractivity contribution in [1.29, 1.82) is 0 Å². The summed E-state index contributed by atoms with van der Waals surface area (Å²) in [5.74, 6) is 0.396. The molecule has 0 heterocycles. The number of hydrogen-bond acceptors (Lipinski definition) is 1. The zero-order valence-corrected chi connectivity index (χ0v) is 15.1. The Bertz CT molecular complexity index is 482. The van der Waals surface area contributed by atoms with Crippen LogP contribution in [-0.4, -0.2) is 20.7 Å². The van der Waals surface area contributed by atoms with Crippen LogP contribution in [0.15, 0.2) is 53.6 Å². The molecule has 1 nitrogen and oxygen atoms in total. The fourth-order valence-corrected chi connectivity index (χ4v) is 3.65. The van der Waals surface area contributed by atoms with Gasteiger partial charge in [-0.15, -0.1) is 0 Å². The van der Waals surface area contributed by atoms with E-state index >= 15 is 0 Å². The zero-order chi connectivity index (χ0) is 15.5. The summed E-state index contributed by atoms with van der Waals surface area (Å²) in [7, 11) is 0. The first-order chi connectivity index (χ1) is 10.1. The molecule has 0 atom stereocenters. The van der Waals surface area contributed by atoms with Crippen LogP contribution in [-0.2, 0) is 4.79 Å². The van der Waals surface area contributed by atoms with Gasteiger partial charge >= 0.3 is 135 Å². The van der Waals surface area contributed by atoms with Gasteiger partial charge in [0.1, 0.15) is 0 Å². The molecular formula is C19H26OSe. The standard InChI is InChI=1S/C19H26OSe/c1-16(2)9-7-10-17(3)11-8-12-18(20)15-21-19-13-5-4-6-14-19/h4-6,9,11,13-14H,7-8,10,12,15H2,1-3H3/b17-11-. The van der Waals surface area contributed by atoms with Gasteiger partial charge in [0.05, 0.1) is 0 Å². The van der Waals surface area contributed by atoms with Crippen LogP contribution in [0.5, 0.6) is 0 Å². The second kappa shape index (κ2) is 10.6. The molecule has 1 aromatic rings. The van der Waals surface area contributed by atoms with Gasteiger partial charge in [-0.1, -0.05) is 0 Å². The Hall–Kier alpha value is -1.11. The van der Waals surface area contributed by atoms with Crippen LogP contribution in [0.25, 0.3) is 0 Å². The van der Waals surface area contributed by atoms with Crippen molar-refractivity contribution in [3.63, 3.8) is 0 Å². The number of hydrogen-bond donors (Lipinski definition) is 0. The molecule has 0 unspecified atom stereocenters. The molecule has 0 aliphatic rings. The Morgan fingerprint density at radius 1 is 1.00 bits per heavy atom. The van der Waals surface area contributed by atoms with Gasteiger partial charge in [0, 0.05) is 0 Å².